The number of fused-ring (bicyclic) bond motifs is 4. The number of carbonyl (C=O) groups is 8. The number of imidazole rings is 4. The number of H-pyrrole nitrogens is 1. The number of β-amino-alcohol motifs (C(OH)–C–C–N with tert-alkyl or cyclic N) is 1. The Morgan fingerprint density at radius 2 is 0.746 bits per heavy atom. The molecule has 0 unspecified atom stereocenters. The van der Waals surface area contributed by atoms with Crippen LogP contribution >= 0.6 is 0 Å². The van der Waals surface area contributed by atoms with Crippen LogP contribution in [0.5, 0.6) is 0 Å². The lowest BCUT2D eigenvalue weighted by Crippen LogP contribution is -2.66. The maximum absolute atomic E-state index is 13.7. The molecule has 5 aliphatic heterocycles. The molecule has 33 nitrogen and oxygen atoms in total. The Labute approximate surface area is 820 Å². The van der Waals surface area contributed by atoms with Gasteiger partial charge in [0.05, 0.1) is 82.5 Å². The van der Waals surface area contributed by atoms with Gasteiger partial charge in [-0.25, -0.2) is 60.6 Å². The highest BCUT2D eigenvalue weighted by Crippen LogP contribution is 2.39. The van der Waals surface area contributed by atoms with Crippen LogP contribution < -0.4 is 5.32 Å². The van der Waals surface area contributed by atoms with Crippen LogP contribution in [0.25, 0.3) is 67.6 Å². The number of benzene rings is 4. The lowest BCUT2D eigenvalue weighted by Gasteiger charge is -2.46. The summed E-state index contributed by atoms with van der Waals surface area (Å²) < 4.78 is 60.3. The number of aromatic nitrogens is 14. The molecule has 0 spiro atoms. The molecule has 4 saturated heterocycles. The molecule has 4 aromatic carbocycles. The topological polar surface area (TPSA) is 366 Å². The minimum Gasteiger partial charge on any atom is -0.389 e. The summed E-state index contributed by atoms with van der Waals surface area (Å²) in [5.74, 6) is -2.91. The quantitative estimate of drug-likeness (QED) is 0.0956. The van der Waals surface area contributed by atoms with Crippen LogP contribution in [0.15, 0.2) is 168 Å². The van der Waals surface area contributed by atoms with E-state index in [9.17, 15) is 61.0 Å². The Morgan fingerprint density at radius 1 is 0.423 bits per heavy atom. The Bertz CT molecular complexity index is 7130. The molecule has 1 atom stereocenters. The number of carbonyl (C=O) groups excluding carboxylic acids is 8. The van der Waals surface area contributed by atoms with Crippen molar-refractivity contribution < 1.29 is 61.0 Å². The van der Waals surface area contributed by atoms with Gasteiger partial charge in [0.25, 0.3) is 35.4 Å². The van der Waals surface area contributed by atoms with Crippen molar-refractivity contribution in [1.29, 1.82) is 0 Å². The van der Waals surface area contributed by atoms with Crippen molar-refractivity contribution in [3.63, 3.8) is 0 Å². The van der Waals surface area contributed by atoms with Crippen LogP contribution in [-0.4, -0.2) is 273 Å². The predicted molar refractivity (Wildman–Crippen MR) is 531 cm³/mol. The summed E-state index contributed by atoms with van der Waals surface area (Å²) in [5, 5.41) is 38.3. The fourth-order valence-corrected chi connectivity index (χ4v) is 18.1. The highest BCUT2D eigenvalue weighted by molar-refractivity contribution is 6.40. The Balaban J connectivity index is 0.000000143. The molecule has 0 bridgehead atoms. The fourth-order valence-electron chi connectivity index (χ4n) is 18.1. The standard InChI is InChI=1S/2C27H30FN7O2.C27H34FN5O3.C24H28FN5O2/c1-26(2,3)20-12-21(17-6-8-19(28)9-7-17)32-35-15-22(31-23(20)35)25(37)34-11-10-33(16-27(34,4)5)24(36)18-13-29-30-14-18;1-26(2,3)19-14-20(17-6-8-18(28)9-7-17)32-35-15-21(31-23(19)35)24(36)34-13-12-33(16-27(34,4)5)25(37)22-29-10-11-30-22;1-25(2,3)19-14-20(17-8-10-18(28)11-9-17)30-33-15-21(29-22(19)33)23(34)32-13-12-31(16-26(4,5)36)24(35)27(32,6)7;1-14-12-29(24(5,6)22(32)26-14)21(31)19-13-30-20(27-19)17(23(2,3)4)11-18(28-30)15-7-9-16(25)10-8-15/h6-9,12-15H,10-11,16H2,1-5H3,(H,29,30);6-10,14-15H,11-13,16H2,1-5H3;8-11,14-15,36H,12-13,16H2,1-7H3;7-11,13-14H,12H2,1-6H3,(H,26,32)/t;;;14-/m...0/s1. The molecule has 5 aliphatic rings. The van der Waals surface area contributed by atoms with Gasteiger partial charge in [-0.2, -0.15) is 25.5 Å². The number of nitrogens with one attached hydrogen (secondary N) is 2. The highest BCUT2D eigenvalue weighted by Gasteiger charge is 2.49. The van der Waals surface area contributed by atoms with Crippen LogP contribution in [0.1, 0.15) is 234 Å². The average molecular weight is 1940 g/mol. The van der Waals surface area contributed by atoms with Crippen molar-refractivity contribution >= 4 is 81.9 Å². The zero-order chi connectivity index (χ0) is 103. The maximum Gasteiger partial charge on any atom is 0.291 e. The zero-order valence-electron chi connectivity index (χ0n) is 84.5. The average Bonchev–Trinajstić information content (AvgIpc) is 1.62. The van der Waals surface area contributed by atoms with E-state index >= 15 is 0 Å². The van der Waals surface area contributed by atoms with Gasteiger partial charge in [0.1, 0.15) is 57.1 Å². The van der Waals surface area contributed by atoms with Gasteiger partial charge >= 0.3 is 0 Å². The van der Waals surface area contributed by atoms with E-state index in [0.29, 0.717) is 116 Å². The van der Waals surface area contributed by atoms with Gasteiger partial charge in [-0.05, 0) is 219 Å². The van der Waals surface area contributed by atoms with Crippen LogP contribution in [0.4, 0.5) is 17.6 Å². The molecule has 0 saturated carbocycles. The van der Waals surface area contributed by atoms with E-state index < -0.39 is 27.8 Å². The molecule has 4 fully saturated rings. The van der Waals surface area contributed by atoms with E-state index in [1.807, 2.05) is 58.9 Å². The molecular weight excluding hydrogens is 1820 g/mol. The number of aliphatic hydroxyl groups is 1. The normalized spacial score (nSPS) is 17.1. The molecule has 0 radical (unpaired) electrons. The Hall–Kier alpha value is -14.7. The first-order chi connectivity index (χ1) is 66.3. The molecule has 9 aromatic heterocycles. The third-order valence-electron chi connectivity index (χ3n) is 25.9. The second-order valence-electron chi connectivity index (χ2n) is 43.7. The number of piperazine rings is 4. The summed E-state index contributed by atoms with van der Waals surface area (Å²) >= 11 is 0. The highest BCUT2D eigenvalue weighted by atomic mass is 19.1. The number of aromatic amines is 1. The minimum absolute atomic E-state index is 0.117. The maximum atomic E-state index is 13.7. The van der Waals surface area contributed by atoms with E-state index in [2.05, 4.69) is 129 Å². The number of aliphatic imine (C=N–C) groups is 2. The van der Waals surface area contributed by atoms with Gasteiger partial charge in [-0.1, -0.05) is 83.1 Å². The first kappa shape index (κ1) is 102. The molecule has 0 aliphatic carbocycles. The first-order valence-electron chi connectivity index (χ1n) is 47.3. The molecular formula is C105H122F4N24O9. The molecule has 13 aromatic rings. The molecule has 142 heavy (non-hydrogen) atoms. The molecule has 8 amide bonds. The third kappa shape index (κ3) is 21.3. The molecule has 14 heterocycles. The van der Waals surface area contributed by atoms with E-state index in [-0.39, 0.29) is 133 Å². The minimum atomic E-state index is -1.10. The third-order valence-corrected chi connectivity index (χ3v) is 25.9. The van der Waals surface area contributed by atoms with Crippen molar-refractivity contribution in [3.8, 4) is 45.0 Å². The molecule has 18 rings (SSSR count). The predicted octanol–water partition coefficient (Wildman–Crippen LogP) is 14.6. The lowest BCUT2D eigenvalue weighted by atomic mass is 9.87. The second-order valence-corrected chi connectivity index (χ2v) is 43.7. The van der Waals surface area contributed by atoms with Crippen LogP contribution in [0, 0.1) is 23.3 Å². The van der Waals surface area contributed by atoms with Gasteiger partial charge in [0.15, 0.2) is 22.6 Å². The molecule has 3 N–H and O–H groups in total. The van der Waals surface area contributed by atoms with Crippen LogP contribution in [-0.2, 0) is 36.0 Å². The number of halogens is 4. The summed E-state index contributed by atoms with van der Waals surface area (Å²) in [6.45, 7) is 48.6. The van der Waals surface area contributed by atoms with E-state index in [1.165, 1.54) is 59.6 Å². The van der Waals surface area contributed by atoms with Crippen molar-refractivity contribution in [1.82, 2.24) is 108 Å². The van der Waals surface area contributed by atoms with Gasteiger partial charge in [-0.15, -0.1) is 0 Å². The number of nitrogens with zero attached hydrogens (tertiary/aromatic N) is 22. The monoisotopic (exact) mass is 1940 g/mol. The van der Waals surface area contributed by atoms with Gasteiger partial charge in [0, 0.05) is 128 Å². The number of rotatable bonds is 12. The summed E-state index contributed by atoms with van der Waals surface area (Å²) in [7, 11) is 0. The number of amidine groups is 1. The van der Waals surface area contributed by atoms with Crippen molar-refractivity contribution in [2.24, 2.45) is 9.98 Å². The summed E-state index contributed by atoms with van der Waals surface area (Å²) in [6, 6.07) is 32.2. The van der Waals surface area contributed by atoms with Crippen LogP contribution in [0.3, 0.4) is 0 Å². The largest absolute Gasteiger partial charge is 0.389 e. The SMILES string of the molecule is CC(C)(C)c1cc(-c2ccc(F)cc2)nn2cc(C(=O)N3CCN(C(=O)C4=NCC=N4)CC3(C)C)nc12.CC(C)(C)c1cc(-c2ccc(F)cc2)nn2cc(C(=O)N3CCN(C(=O)c4cn[nH]c4)CC3(C)C)nc12.CC(C)(O)CN1CCN(C(=O)c2cn3nc(-c4ccc(F)cc4)cc(C(C)(C)C)c3n2)C(C)(C)C1=O.C[C@H]1CN(C(=O)c2cn3nc(-c4ccc(F)cc4)cc(C(C)(C)C)c3n2)C(C)(C)C(=O)N1. The van der Waals surface area contributed by atoms with Crippen molar-refractivity contribution in [2.45, 2.75) is 215 Å². The lowest BCUT2D eigenvalue weighted by molar-refractivity contribution is -0.149. The van der Waals surface area contributed by atoms with Gasteiger partial charge in [0.2, 0.25) is 17.6 Å². The fraction of sp³-hybridized carbons (Fsp3) is 0.419. The van der Waals surface area contributed by atoms with E-state index in [1.54, 1.807) is 175 Å². The first-order valence-corrected chi connectivity index (χ1v) is 47.3. The van der Waals surface area contributed by atoms with E-state index in [4.69, 9.17) is 20.2 Å². The number of hydrogen-bond acceptors (Lipinski definition) is 20. The van der Waals surface area contributed by atoms with Crippen molar-refractivity contribution in [3.05, 3.63) is 232 Å². The van der Waals surface area contributed by atoms with E-state index in [0.717, 1.165) is 44.5 Å². The number of hydrogen-bond donors (Lipinski definition) is 3. The van der Waals surface area contributed by atoms with Gasteiger partial charge < -0.3 is 44.7 Å². The summed E-state index contributed by atoms with van der Waals surface area (Å²) in [6.07, 6.45) is 11.2. The molecule has 37 heteroatoms. The Morgan fingerprint density at radius 3 is 1.05 bits per heavy atom. The molecule has 744 valence electrons. The summed E-state index contributed by atoms with van der Waals surface area (Å²) in [4.78, 5) is 144. The Kier molecular flexibility index (Phi) is 27.3. The summed E-state index contributed by atoms with van der Waals surface area (Å²) in [5.41, 5.74) is 7.71. The smallest absolute Gasteiger partial charge is 0.291 e. The van der Waals surface area contributed by atoms with Crippen molar-refractivity contribution in [2.75, 3.05) is 72.0 Å². The number of amides is 8. The zero-order valence-corrected chi connectivity index (χ0v) is 84.5. The second kappa shape index (κ2) is 38.1. The van der Waals surface area contributed by atoms with Gasteiger partial charge in [-0.3, -0.25) is 48.4 Å². The van der Waals surface area contributed by atoms with Crippen LogP contribution in [0.2, 0.25) is 0 Å².